The number of fused-ring (bicyclic) bond motifs is 1. The predicted octanol–water partition coefficient (Wildman–Crippen LogP) is 2.05. The number of H-pyrrole nitrogens is 1. The number of amides is 1. The second-order valence-corrected chi connectivity index (χ2v) is 7.07. The standard InChI is InChI=1S/C15H15ClN6O2S/c1-7-11-13(23)18-10(6-22(2)3)19-15(11)25-12(7)14(24)17-9-5-4-8(16)20-21-9/h4-5H,6H2,1-3H3,(H,17,21,24)(H,18,19,23). The van der Waals surface area contributed by atoms with E-state index in [4.69, 9.17) is 11.6 Å². The van der Waals surface area contributed by atoms with E-state index >= 15 is 0 Å². The number of halogens is 1. The van der Waals surface area contributed by atoms with Gasteiger partial charge in [0.15, 0.2) is 11.0 Å². The Balaban J connectivity index is 1.97. The first-order valence-electron chi connectivity index (χ1n) is 7.32. The van der Waals surface area contributed by atoms with E-state index in [0.29, 0.717) is 33.0 Å². The predicted molar refractivity (Wildman–Crippen MR) is 97.4 cm³/mol. The molecule has 130 valence electrons. The molecule has 2 N–H and O–H groups in total. The monoisotopic (exact) mass is 378 g/mol. The van der Waals surface area contributed by atoms with E-state index in [0.717, 1.165) is 0 Å². The topological polar surface area (TPSA) is 104 Å². The number of hydrogen-bond donors (Lipinski definition) is 2. The Bertz CT molecular complexity index is 996. The van der Waals surface area contributed by atoms with Crippen molar-refractivity contribution in [1.82, 2.24) is 25.1 Å². The van der Waals surface area contributed by atoms with Crippen LogP contribution in [-0.2, 0) is 6.54 Å². The normalized spacial score (nSPS) is 11.2. The SMILES string of the molecule is Cc1c(C(=O)Nc2ccc(Cl)nn2)sc2nc(CN(C)C)[nH]c(=O)c12. The minimum Gasteiger partial charge on any atom is -0.309 e. The van der Waals surface area contributed by atoms with E-state index in [2.05, 4.69) is 25.5 Å². The number of aryl methyl sites for hydroxylation is 1. The fourth-order valence-electron chi connectivity index (χ4n) is 2.34. The van der Waals surface area contributed by atoms with Gasteiger partial charge < -0.3 is 15.2 Å². The van der Waals surface area contributed by atoms with Crippen LogP contribution in [0.1, 0.15) is 21.1 Å². The molecule has 0 saturated heterocycles. The molecular weight excluding hydrogens is 364 g/mol. The van der Waals surface area contributed by atoms with Gasteiger partial charge in [0.05, 0.1) is 16.8 Å². The van der Waals surface area contributed by atoms with Crippen LogP contribution in [0.3, 0.4) is 0 Å². The summed E-state index contributed by atoms with van der Waals surface area (Å²) in [5, 5.41) is 10.8. The number of aromatic amines is 1. The summed E-state index contributed by atoms with van der Waals surface area (Å²) in [6, 6.07) is 3.08. The molecule has 0 unspecified atom stereocenters. The number of nitrogens with one attached hydrogen (secondary N) is 2. The second kappa shape index (κ2) is 6.87. The summed E-state index contributed by atoms with van der Waals surface area (Å²) in [5.74, 6) is 0.464. The van der Waals surface area contributed by atoms with E-state index in [9.17, 15) is 9.59 Å². The highest BCUT2D eigenvalue weighted by molar-refractivity contribution is 7.20. The lowest BCUT2D eigenvalue weighted by molar-refractivity contribution is 0.102. The zero-order valence-corrected chi connectivity index (χ0v) is 15.3. The number of rotatable bonds is 4. The van der Waals surface area contributed by atoms with Gasteiger partial charge in [-0.05, 0) is 38.7 Å². The minimum absolute atomic E-state index is 0.236. The first kappa shape index (κ1) is 17.5. The summed E-state index contributed by atoms with van der Waals surface area (Å²) < 4.78 is 0. The average molecular weight is 379 g/mol. The van der Waals surface area contributed by atoms with Crippen molar-refractivity contribution < 1.29 is 4.79 Å². The molecule has 0 spiro atoms. The number of nitrogens with zero attached hydrogens (tertiary/aromatic N) is 4. The molecule has 25 heavy (non-hydrogen) atoms. The zero-order chi connectivity index (χ0) is 18.1. The van der Waals surface area contributed by atoms with E-state index in [1.165, 1.54) is 17.4 Å². The lowest BCUT2D eigenvalue weighted by Gasteiger charge is -2.07. The number of anilines is 1. The van der Waals surface area contributed by atoms with Crippen LogP contribution in [0.5, 0.6) is 0 Å². The van der Waals surface area contributed by atoms with Crippen molar-refractivity contribution in [3.63, 3.8) is 0 Å². The van der Waals surface area contributed by atoms with Crippen molar-refractivity contribution in [3.05, 3.63) is 43.9 Å². The van der Waals surface area contributed by atoms with Gasteiger partial charge in [-0.2, -0.15) is 0 Å². The average Bonchev–Trinajstić information content (AvgIpc) is 2.86. The molecule has 3 heterocycles. The number of thiophene rings is 1. The molecule has 0 atom stereocenters. The van der Waals surface area contributed by atoms with Crippen molar-refractivity contribution >= 4 is 44.9 Å². The van der Waals surface area contributed by atoms with Crippen LogP contribution in [0.25, 0.3) is 10.2 Å². The van der Waals surface area contributed by atoms with Gasteiger partial charge in [-0.15, -0.1) is 21.5 Å². The van der Waals surface area contributed by atoms with Gasteiger partial charge in [-0.1, -0.05) is 11.6 Å². The molecule has 3 aromatic rings. The Morgan fingerprint density at radius 2 is 2.12 bits per heavy atom. The smallest absolute Gasteiger partial charge is 0.267 e. The Labute approximate surface area is 151 Å². The Kier molecular flexibility index (Phi) is 4.80. The third kappa shape index (κ3) is 3.68. The van der Waals surface area contributed by atoms with Gasteiger partial charge in [0, 0.05) is 0 Å². The lowest BCUT2D eigenvalue weighted by atomic mass is 10.2. The molecule has 8 nitrogen and oxygen atoms in total. The summed E-state index contributed by atoms with van der Waals surface area (Å²) in [5.41, 5.74) is 0.338. The fraction of sp³-hybridized carbons (Fsp3) is 0.267. The molecule has 0 radical (unpaired) electrons. The third-order valence-corrected chi connectivity index (χ3v) is 4.78. The van der Waals surface area contributed by atoms with Gasteiger partial charge in [-0.3, -0.25) is 9.59 Å². The maximum Gasteiger partial charge on any atom is 0.267 e. The Morgan fingerprint density at radius 3 is 2.76 bits per heavy atom. The zero-order valence-electron chi connectivity index (χ0n) is 13.8. The van der Waals surface area contributed by atoms with Gasteiger partial charge >= 0.3 is 0 Å². The third-order valence-electron chi connectivity index (χ3n) is 3.40. The van der Waals surface area contributed by atoms with Crippen molar-refractivity contribution in [1.29, 1.82) is 0 Å². The molecule has 10 heteroatoms. The molecule has 0 aliphatic carbocycles. The van der Waals surface area contributed by atoms with Crippen LogP contribution < -0.4 is 10.9 Å². The second-order valence-electron chi connectivity index (χ2n) is 5.68. The minimum atomic E-state index is -0.370. The number of aromatic nitrogens is 4. The molecular formula is C15H15ClN6O2S. The maximum atomic E-state index is 12.5. The van der Waals surface area contributed by atoms with E-state index in [-0.39, 0.29) is 22.4 Å². The summed E-state index contributed by atoms with van der Waals surface area (Å²) in [4.78, 5) is 34.9. The molecule has 0 aliphatic heterocycles. The first-order chi connectivity index (χ1) is 11.8. The highest BCUT2D eigenvalue weighted by Crippen LogP contribution is 2.27. The molecule has 1 amide bonds. The Hall–Kier alpha value is -2.36. The highest BCUT2D eigenvalue weighted by atomic mass is 35.5. The van der Waals surface area contributed by atoms with Crippen LogP contribution in [0.2, 0.25) is 5.15 Å². The van der Waals surface area contributed by atoms with Gasteiger partial charge in [0.2, 0.25) is 0 Å². The molecule has 0 fully saturated rings. The van der Waals surface area contributed by atoms with Gasteiger partial charge in [-0.25, -0.2) is 4.98 Å². The van der Waals surface area contributed by atoms with Crippen molar-refractivity contribution in [2.75, 3.05) is 19.4 Å². The summed E-state index contributed by atoms with van der Waals surface area (Å²) in [6.45, 7) is 2.23. The van der Waals surface area contributed by atoms with E-state index in [1.54, 1.807) is 13.0 Å². The van der Waals surface area contributed by atoms with Gasteiger partial charge in [0.1, 0.15) is 10.7 Å². The maximum absolute atomic E-state index is 12.5. The van der Waals surface area contributed by atoms with Crippen LogP contribution >= 0.6 is 22.9 Å². The van der Waals surface area contributed by atoms with Crippen LogP contribution in [0.4, 0.5) is 5.82 Å². The van der Waals surface area contributed by atoms with Crippen molar-refractivity contribution in [3.8, 4) is 0 Å². The van der Waals surface area contributed by atoms with E-state index < -0.39 is 0 Å². The van der Waals surface area contributed by atoms with Crippen LogP contribution in [-0.4, -0.2) is 45.1 Å². The quantitative estimate of drug-likeness (QED) is 0.720. The summed E-state index contributed by atoms with van der Waals surface area (Å²) >= 11 is 6.85. The van der Waals surface area contributed by atoms with Crippen molar-refractivity contribution in [2.24, 2.45) is 0 Å². The van der Waals surface area contributed by atoms with Gasteiger partial charge in [0.25, 0.3) is 11.5 Å². The first-order valence-corrected chi connectivity index (χ1v) is 8.52. The van der Waals surface area contributed by atoms with Crippen LogP contribution in [0, 0.1) is 6.92 Å². The fourth-order valence-corrected chi connectivity index (χ4v) is 3.53. The highest BCUT2D eigenvalue weighted by Gasteiger charge is 2.20. The number of hydrogen-bond acceptors (Lipinski definition) is 7. The largest absolute Gasteiger partial charge is 0.309 e. The number of carbonyl (C=O) groups is 1. The summed E-state index contributed by atoms with van der Waals surface area (Å²) in [6.07, 6.45) is 0. The summed E-state index contributed by atoms with van der Waals surface area (Å²) in [7, 11) is 3.77. The molecule has 0 saturated carbocycles. The molecule has 3 rings (SSSR count). The van der Waals surface area contributed by atoms with Crippen molar-refractivity contribution in [2.45, 2.75) is 13.5 Å². The molecule has 3 aromatic heterocycles. The molecule has 0 aromatic carbocycles. The lowest BCUT2D eigenvalue weighted by Crippen LogP contribution is -2.18. The molecule has 0 aliphatic rings. The Morgan fingerprint density at radius 1 is 1.36 bits per heavy atom. The van der Waals surface area contributed by atoms with Crippen LogP contribution in [0.15, 0.2) is 16.9 Å². The van der Waals surface area contributed by atoms with E-state index in [1.807, 2.05) is 19.0 Å². The number of carbonyl (C=O) groups excluding carboxylic acids is 1. The molecule has 0 bridgehead atoms.